The van der Waals surface area contributed by atoms with Crippen LogP contribution in [0.1, 0.15) is 34.9 Å². The minimum atomic E-state index is -0.877. The Hall–Kier alpha value is -2.33. The number of ether oxygens (including phenoxy) is 1. The summed E-state index contributed by atoms with van der Waals surface area (Å²) in [4.78, 5) is 11.9. The smallest absolute Gasteiger partial charge is 0.315 e. The average Bonchev–Trinajstić information content (AvgIpc) is 2.55. The third-order valence-corrected chi connectivity index (χ3v) is 4.20. The summed E-state index contributed by atoms with van der Waals surface area (Å²) in [6.07, 6.45) is 0.871. The molecule has 0 saturated heterocycles. The molecule has 0 fully saturated rings. The monoisotopic (exact) mass is 297 g/mol. The molecule has 0 saturated carbocycles. The zero-order chi connectivity index (χ0) is 15.5. The van der Waals surface area contributed by atoms with Crippen molar-refractivity contribution < 1.29 is 14.6 Å². The summed E-state index contributed by atoms with van der Waals surface area (Å²) in [5, 5.41) is 9.72. The summed E-state index contributed by atoms with van der Waals surface area (Å²) in [5.74, 6) is -0.680. The van der Waals surface area contributed by atoms with Crippen molar-refractivity contribution in [3.8, 4) is 5.75 Å². The Balaban J connectivity index is 2.12. The highest BCUT2D eigenvalue weighted by atomic mass is 16.5. The first-order chi connectivity index (χ1) is 10.7. The molecular formula is C18H19NO3. The van der Waals surface area contributed by atoms with Gasteiger partial charge in [-0.2, -0.15) is 0 Å². The molecule has 0 bridgehead atoms. The van der Waals surface area contributed by atoms with Gasteiger partial charge in [-0.15, -0.1) is 0 Å². The van der Waals surface area contributed by atoms with Gasteiger partial charge in [0.1, 0.15) is 11.7 Å². The van der Waals surface area contributed by atoms with Gasteiger partial charge >= 0.3 is 5.97 Å². The van der Waals surface area contributed by atoms with Crippen LogP contribution in [0, 0.1) is 0 Å². The number of carboxylic acids is 1. The largest absolute Gasteiger partial charge is 0.493 e. The molecule has 3 rings (SSSR count). The van der Waals surface area contributed by atoms with Gasteiger partial charge in [0.2, 0.25) is 0 Å². The van der Waals surface area contributed by atoms with Crippen LogP contribution in [0.3, 0.4) is 0 Å². The van der Waals surface area contributed by atoms with Crippen molar-refractivity contribution >= 4 is 5.97 Å². The van der Waals surface area contributed by atoms with Crippen LogP contribution in [0.4, 0.5) is 0 Å². The van der Waals surface area contributed by atoms with Crippen LogP contribution in [-0.2, 0) is 4.79 Å². The highest BCUT2D eigenvalue weighted by Gasteiger charge is 2.30. The molecule has 2 aromatic rings. The number of carbonyl (C=O) groups is 1. The van der Waals surface area contributed by atoms with Crippen molar-refractivity contribution in [3.63, 3.8) is 0 Å². The first-order valence-corrected chi connectivity index (χ1v) is 7.45. The Morgan fingerprint density at radius 3 is 2.68 bits per heavy atom. The van der Waals surface area contributed by atoms with Gasteiger partial charge in [-0.3, -0.25) is 4.79 Å². The molecule has 2 aromatic carbocycles. The molecule has 0 spiro atoms. The molecule has 1 aliphatic heterocycles. The van der Waals surface area contributed by atoms with E-state index in [2.05, 4.69) is 0 Å². The van der Waals surface area contributed by atoms with Crippen LogP contribution >= 0.6 is 0 Å². The molecule has 2 unspecified atom stereocenters. The number of carboxylic acid groups (broad SMARTS) is 1. The number of hydrogen-bond acceptors (Lipinski definition) is 3. The number of benzene rings is 2. The van der Waals surface area contributed by atoms with Gasteiger partial charge in [-0.25, -0.2) is 0 Å². The Morgan fingerprint density at radius 2 is 2.00 bits per heavy atom. The molecule has 1 heterocycles. The van der Waals surface area contributed by atoms with Crippen LogP contribution < -0.4 is 10.5 Å². The van der Waals surface area contributed by atoms with Gasteiger partial charge in [0.05, 0.1) is 6.61 Å². The van der Waals surface area contributed by atoms with Gasteiger partial charge in [-0.1, -0.05) is 48.5 Å². The third-order valence-electron chi connectivity index (χ3n) is 4.20. The Bertz CT molecular complexity index is 669. The Morgan fingerprint density at radius 1 is 1.23 bits per heavy atom. The lowest BCUT2D eigenvalue weighted by Crippen LogP contribution is -2.23. The van der Waals surface area contributed by atoms with Gasteiger partial charge in [0.15, 0.2) is 0 Å². The first-order valence-electron chi connectivity index (χ1n) is 7.45. The van der Waals surface area contributed by atoms with Crippen molar-refractivity contribution in [1.82, 2.24) is 0 Å². The number of nitrogens with two attached hydrogens (primary N) is 1. The Kier molecular flexibility index (Phi) is 4.11. The molecule has 0 aliphatic carbocycles. The number of hydrogen-bond donors (Lipinski definition) is 2. The Labute approximate surface area is 129 Å². The second-order valence-electron chi connectivity index (χ2n) is 5.52. The molecule has 0 aromatic heterocycles. The molecule has 3 N–H and O–H groups in total. The minimum Gasteiger partial charge on any atom is -0.493 e. The van der Waals surface area contributed by atoms with Crippen LogP contribution in [0.5, 0.6) is 5.75 Å². The van der Waals surface area contributed by atoms with Crippen LogP contribution in [0.2, 0.25) is 0 Å². The fraction of sp³-hybridized carbons (Fsp3) is 0.278. The van der Waals surface area contributed by atoms with Gasteiger partial charge in [0.25, 0.3) is 0 Å². The van der Waals surface area contributed by atoms with E-state index in [1.54, 1.807) is 0 Å². The number of para-hydroxylation sites is 1. The third kappa shape index (κ3) is 2.57. The van der Waals surface area contributed by atoms with E-state index < -0.39 is 11.9 Å². The van der Waals surface area contributed by atoms with E-state index in [0.717, 1.165) is 17.5 Å². The fourth-order valence-corrected chi connectivity index (χ4v) is 3.09. The second kappa shape index (κ2) is 6.20. The summed E-state index contributed by atoms with van der Waals surface area (Å²) in [6.45, 7) is 1.12. The average molecular weight is 297 g/mol. The van der Waals surface area contributed by atoms with Gasteiger partial charge in [-0.05, 0) is 24.1 Å². The van der Waals surface area contributed by atoms with Crippen molar-refractivity contribution in [3.05, 3.63) is 65.2 Å². The van der Waals surface area contributed by atoms with Gasteiger partial charge < -0.3 is 15.6 Å². The summed E-state index contributed by atoms with van der Waals surface area (Å²) in [5.41, 5.74) is 8.32. The second-order valence-corrected chi connectivity index (χ2v) is 5.52. The van der Waals surface area contributed by atoms with E-state index in [0.29, 0.717) is 24.5 Å². The van der Waals surface area contributed by atoms with E-state index in [1.165, 1.54) is 0 Å². The maximum Gasteiger partial charge on any atom is 0.315 e. The number of rotatable bonds is 4. The maximum absolute atomic E-state index is 11.9. The van der Waals surface area contributed by atoms with E-state index in [-0.39, 0.29) is 5.92 Å². The number of aliphatic carboxylic acids is 1. The van der Waals surface area contributed by atoms with Crippen molar-refractivity contribution in [2.45, 2.75) is 18.3 Å². The SMILES string of the molecule is NCC1CCOc2c1cccc2C(C(=O)O)c1ccccc1. The molecule has 4 nitrogen and oxygen atoms in total. The molecule has 1 aliphatic rings. The fourth-order valence-electron chi connectivity index (χ4n) is 3.09. The van der Waals surface area contributed by atoms with Crippen LogP contribution in [-0.4, -0.2) is 24.2 Å². The normalized spacial score (nSPS) is 18.1. The molecule has 22 heavy (non-hydrogen) atoms. The van der Waals surface area contributed by atoms with Crippen LogP contribution in [0.15, 0.2) is 48.5 Å². The molecule has 4 heteroatoms. The minimum absolute atomic E-state index is 0.230. The highest BCUT2D eigenvalue weighted by molar-refractivity contribution is 5.81. The van der Waals surface area contributed by atoms with Crippen molar-refractivity contribution in [2.75, 3.05) is 13.2 Å². The van der Waals surface area contributed by atoms with Crippen molar-refractivity contribution in [2.24, 2.45) is 5.73 Å². The summed E-state index contributed by atoms with van der Waals surface area (Å²) in [6, 6.07) is 15.0. The predicted octanol–water partition coefficient (Wildman–Crippen LogP) is 2.73. The quantitative estimate of drug-likeness (QED) is 0.910. The molecule has 2 atom stereocenters. The number of fused-ring (bicyclic) bond motifs is 1. The zero-order valence-electron chi connectivity index (χ0n) is 12.2. The van der Waals surface area contributed by atoms with E-state index in [4.69, 9.17) is 10.5 Å². The zero-order valence-corrected chi connectivity index (χ0v) is 12.2. The lowest BCUT2D eigenvalue weighted by molar-refractivity contribution is -0.137. The van der Waals surface area contributed by atoms with E-state index in [9.17, 15) is 9.90 Å². The van der Waals surface area contributed by atoms with E-state index in [1.807, 2.05) is 48.5 Å². The maximum atomic E-state index is 11.9. The summed E-state index contributed by atoms with van der Waals surface area (Å²) in [7, 11) is 0. The molecule has 0 radical (unpaired) electrons. The summed E-state index contributed by atoms with van der Waals surface area (Å²) >= 11 is 0. The molecule has 0 amide bonds. The highest BCUT2D eigenvalue weighted by Crippen LogP contribution is 2.40. The van der Waals surface area contributed by atoms with Crippen molar-refractivity contribution in [1.29, 1.82) is 0 Å². The standard InChI is InChI=1S/C18H19NO3/c19-11-13-9-10-22-17-14(13)7-4-8-15(17)16(18(20)21)12-5-2-1-3-6-12/h1-8,13,16H,9-11,19H2,(H,20,21). The predicted molar refractivity (Wildman–Crippen MR) is 84.3 cm³/mol. The molecule has 114 valence electrons. The topological polar surface area (TPSA) is 72.5 Å². The summed E-state index contributed by atoms with van der Waals surface area (Å²) < 4.78 is 5.82. The lowest BCUT2D eigenvalue weighted by atomic mass is 9.85. The molecular weight excluding hydrogens is 278 g/mol. The lowest BCUT2D eigenvalue weighted by Gasteiger charge is -2.28. The van der Waals surface area contributed by atoms with Gasteiger partial charge in [0, 0.05) is 11.5 Å². The van der Waals surface area contributed by atoms with E-state index >= 15 is 0 Å². The first kappa shape index (κ1) is 14.6. The van der Waals surface area contributed by atoms with Crippen LogP contribution in [0.25, 0.3) is 0 Å².